The summed E-state index contributed by atoms with van der Waals surface area (Å²) < 4.78 is 0. The first-order chi connectivity index (χ1) is 12.2. The van der Waals surface area contributed by atoms with Crippen LogP contribution in [0.4, 0.5) is 0 Å². The molecule has 1 saturated carbocycles. The van der Waals surface area contributed by atoms with Gasteiger partial charge in [0.1, 0.15) is 0 Å². The monoisotopic (exact) mass is 347 g/mol. The predicted molar refractivity (Wildman–Crippen MR) is 95.1 cm³/mol. The largest absolute Gasteiger partial charge is 0.355 e. The molecule has 2 heterocycles. The van der Waals surface area contributed by atoms with Crippen molar-refractivity contribution in [1.82, 2.24) is 25.7 Å². The molecule has 0 radical (unpaired) electrons. The molecule has 1 aliphatic heterocycles. The third kappa shape index (κ3) is 5.56. The maximum absolute atomic E-state index is 12.2. The van der Waals surface area contributed by atoms with Gasteiger partial charge in [-0.15, -0.1) is 0 Å². The molecule has 7 heteroatoms. The number of carbonyl (C=O) groups is 2. The lowest BCUT2D eigenvalue weighted by molar-refractivity contribution is -0.122. The van der Waals surface area contributed by atoms with E-state index in [1.165, 1.54) is 38.3 Å². The Kier molecular flexibility index (Phi) is 6.44. The minimum Gasteiger partial charge on any atom is -0.355 e. The number of nitrogens with one attached hydrogen (secondary N) is 3. The average Bonchev–Trinajstić information content (AvgIpc) is 3.16. The number of likely N-dealkylation sites (tertiary alicyclic amines) is 1. The van der Waals surface area contributed by atoms with E-state index in [4.69, 9.17) is 0 Å². The fourth-order valence-electron chi connectivity index (χ4n) is 3.87. The zero-order valence-electron chi connectivity index (χ0n) is 14.8. The topological polar surface area (TPSA) is 90.1 Å². The number of piperidine rings is 1. The fraction of sp³-hybridized carbons (Fsp3) is 0.722. The highest BCUT2D eigenvalue weighted by Crippen LogP contribution is 2.22. The van der Waals surface area contributed by atoms with Gasteiger partial charge in [0.2, 0.25) is 5.91 Å². The van der Waals surface area contributed by atoms with Gasteiger partial charge in [0.15, 0.2) is 0 Å². The van der Waals surface area contributed by atoms with Crippen molar-refractivity contribution in [3.63, 3.8) is 0 Å². The third-order valence-electron chi connectivity index (χ3n) is 5.28. The van der Waals surface area contributed by atoms with Crippen LogP contribution >= 0.6 is 0 Å². The van der Waals surface area contributed by atoms with E-state index in [2.05, 4.69) is 25.7 Å². The highest BCUT2D eigenvalue weighted by atomic mass is 16.2. The van der Waals surface area contributed by atoms with Crippen LogP contribution in [0, 0.1) is 5.92 Å². The van der Waals surface area contributed by atoms with E-state index in [0.29, 0.717) is 18.0 Å². The molecule has 1 aromatic heterocycles. The number of rotatable bonds is 6. The molecule has 1 aliphatic carbocycles. The zero-order chi connectivity index (χ0) is 17.5. The Hall–Kier alpha value is -1.89. The molecule has 7 nitrogen and oxygen atoms in total. The molecule has 138 valence electrons. The van der Waals surface area contributed by atoms with Crippen LogP contribution in [0.25, 0.3) is 0 Å². The van der Waals surface area contributed by atoms with Crippen LogP contribution in [0.3, 0.4) is 0 Å². The lowest BCUT2D eigenvalue weighted by Gasteiger charge is -2.32. The summed E-state index contributed by atoms with van der Waals surface area (Å²) in [4.78, 5) is 26.5. The van der Waals surface area contributed by atoms with Gasteiger partial charge in [0, 0.05) is 25.3 Å². The van der Waals surface area contributed by atoms with E-state index in [-0.39, 0.29) is 17.9 Å². The Balaban J connectivity index is 1.38. The van der Waals surface area contributed by atoms with Crippen molar-refractivity contribution in [1.29, 1.82) is 0 Å². The summed E-state index contributed by atoms with van der Waals surface area (Å²) in [5.74, 6) is 0.649. The first-order valence-electron chi connectivity index (χ1n) is 9.49. The van der Waals surface area contributed by atoms with Crippen LogP contribution in [-0.4, -0.2) is 59.1 Å². The number of aromatic nitrogens is 2. The molecule has 1 saturated heterocycles. The molecule has 1 atom stereocenters. The van der Waals surface area contributed by atoms with Gasteiger partial charge >= 0.3 is 0 Å². The van der Waals surface area contributed by atoms with Crippen LogP contribution in [0.2, 0.25) is 0 Å². The molecular formula is C18H29N5O2. The zero-order valence-corrected chi connectivity index (χ0v) is 14.8. The minimum absolute atomic E-state index is 0.0855. The van der Waals surface area contributed by atoms with Crippen molar-refractivity contribution in [3.8, 4) is 0 Å². The van der Waals surface area contributed by atoms with Gasteiger partial charge < -0.3 is 10.6 Å². The van der Waals surface area contributed by atoms with Crippen LogP contribution < -0.4 is 10.6 Å². The Bertz CT molecular complexity index is 554. The molecule has 2 fully saturated rings. The van der Waals surface area contributed by atoms with Gasteiger partial charge in [-0.3, -0.25) is 19.6 Å². The molecule has 0 aromatic carbocycles. The van der Waals surface area contributed by atoms with Crippen molar-refractivity contribution in [2.24, 2.45) is 5.92 Å². The highest BCUT2D eigenvalue weighted by Gasteiger charge is 2.24. The Labute approximate surface area is 148 Å². The predicted octanol–water partition coefficient (Wildman–Crippen LogP) is 1.30. The number of hydrogen-bond donors (Lipinski definition) is 3. The summed E-state index contributed by atoms with van der Waals surface area (Å²) in [5.41, 5.74) is 0.544. The maximum atomic E-state index is 12.2. The van der Waals surface area contributed by atoms with E-state index < -0.39 is 0 Å². The molecule has 1 unspecified atom stereocenters. The standard InChI is InChI=1S/C18H29N5O2/c24-17(19-9-14-5-2-1-3-6-14)13-23-8-4-7-16(12-23)22-18(25)15-10-20-21-11-15/h10-11,14,16H,1-9,12-13H2,(H,19,24)(H,20,21)(H,22,25). The van der Waals surface area contributed by atoms with Crippen molar-refractivity contribution in [2.75, 3.05) is 26.2 Å². The lowest BCUT2D eigenvalue weighted by atomic mass is 9.89. The minimum atomic E-state index is -0.109. The number of amides is 2. The van der Waals surface area contributed by atoms with Gasteiger partial charge in [-0.05, 0) is 38.1 Å². The summed E-state index contributed by atoms with van der Waals surface area (Å²) in [6, 6.07) is 0.0855. The third-order valence-corrected chi connectivity index (χ3v) is 5.28. The Morgan fingerprint density at radius 3 is 2.80 bits per heavy atom. The van der Waals surface area contributed by atoms with Crippen molar-refractivity contribution in [2.45, 2.75) is 51.0 Å². The molecule has 2 amide bonds. The molecular weight excluding hydrogens is 318 g/mol. The van der Waals surface area contributed by atoms with Gasteiger partial charge in [0.25, 0.3) is 5.91 Å². The van der Waals surface area contributed by atoms with Crippen molar-refractivity contribution >= 4 is 11.8 Å². The summed E-state index contributed by atoms with van der Waals surface area (Å²) in [7, 11) is 0. The molecule has 25 heavy (non-hydrogen) atoms. The number of H-pyrrole nitrogens is 1. The lowest BCUT2D eigenvalue weighted by Crippen LogP contribution is -2.50. The highest BCUT2D eigenvalue weighted by molar-refractivity contribution is 5.93. The van der Waals surface area contributed by atoms with Gasteiger partial charge in [-0.25, -0.2) is 0 Å². The normalized spacial score (nSPS) is 22.5. The Morgan fingerprint density at radius 2 is 2.04 bits per heavy atom. The van der Waals surface area contributed by atoms with E-state index in [1.54, 1.807) is 6.20 Å². The first-order valence-corrected chi connectivity index (χ1v) is 9.49. The van der Waals surface area contributed by atoms with Gasteiger partial charge in [-0.1, -0.05) is 19.3 Å². The Morgan fingerprint density at radius 1 is 1.20 bits per heavy atom. The number of nitrogens with zero attached hydrogens (tertiary/aromatic N) is 2. The maximum Gasteiger partial charge on any atom is 0.254 e. The van der Waals surface area contributed by atoms with E-state index in [0.717, 1.165) is 32.5 Å². The summed E-state index contributed by atoms with van der Waals surface area (Å²) in [5, 5.41) is 12.6. The van der Waals surface area contributed by atoms with E-state index in [9.17, 15) is 9.59 Å². The van der Waals surface area contributed by atoms with E-state index >= 15 is 0 Å². The SMILES string of the molecule is O=C(CN1CCCC(NC(=O)c2cn[nH]c2)C1)NCC1CCCCC1. The second-order valence-electron chi connectivity index (χ2n) is 7.34. The molecule has 1 aromatic rings. The van der Waals surface area contributed by atoms with Crippen molar-refractivity contribution < 1.29 is 9.59 Å². The quantitative estimate of drug-likeness (QED) is 0.723. The number of aromatic amines is 1. The second kappa shape index (κ2) is 8.99. The van der Waals surface area contributed by atoms with Crippen LogP contribution in [0.5, 0.6) is 0 Å². The van der Waals surface area contributed by atoms with Gasteiger partial charge in [0.05, 0.1) is 18.3 Å². The molecule has 3 rings (SSSR count). The summed E-state index contributed by atoms with van der Waals surface area (Å²) >= 11 is 0. The van der Waals surface area contributed by atoms with E-state index in [1.807, 2.05) is 0 Å². The molecule has 2 aliphatic rings. The molecule has 3 N–H and O–H groups in total. The number of hydrogen-bond acceptors (Lipinski definition) is 4. The average molecular weight is 347 g/mol. The van der Waals surface area contributed by atoms with Crippen LogP contribution in [-0.2, 0) is 4.79 Å². The smallest absolute Gasteiger partial charge is 0.254 e. The summed E-state index contributed by atoms with van der Waals surface area (Å²) in [6.45, 7) is 2.87. The fourth-order valence-corrected chi connectivity index (χ4v) is 3.87. The second-order valence-corrected chi connectivity index (χ2v) is 7.34. The molecule has 0 bridgehead atoms. The molecule has 0 spiro atoms. The summed E-state index contributed by atoms with van der Waals surface area (Å²) in [6.07, 6.45) is 11.5. The van der Waals surface area contributed by atoms with Crippen LogP contribution in [0.1, 0.15) is 55.3 Å². The van der Waals surface area contributed by atoms with Crippen LogP contribution in [0.15, 0.2) is 12.4 Å². The first kappa shape index (κ1) is 17.9. The van der Waals surface area contributed by atoms with Gasteiger partial charge in [-0.2, -0.15) is 5.10 Å². The van der Waals surface area contributed by atoms with Crippen molar-refractivity contribution in [3.05, 3.63) is 18.0 Å². The number of carbonyl (C=O) groups excluding carboxylic acids is 2.